The Labute approximate surface area is 82.0 Å². The van der Waals surface area contributed by atoms with Crippen LogP contribution in [0.1, 0.15) is 0 Å². The van der Waals surface area contributed by atoms with E-state index in [9.17, 15) is 14.4 Å². The van der Waals surface area contributed by atoms with Crippen molar-refractivity contribution in [3.8, 4) is 0 Å². The number of fused-ring (bicyclic) bond motifs is 1. The van der Waals surface area contributed by atoms with Gasteiger partial charge in [0.25, 0.3) is 5.56 Å². The predicted octanol–water partition coefficient (Wildman–Crippen LogP) is -0.897. The molecular weight excluding hydrogens is 202 g/mol. The molecule has 0 atom stereocenters. The monoisotopic (exact) mass is 209 g/mol. The topological polar surface area (TPSA) is 108 Å². The van der Waals surface area contributed by atoms with E-state index in [4.69, 9.17) is 5.11 Å². The third-order valence-corrected chi connectivity index (χ3v) is 1.96. The molecule has 2 heterocycles. The Morgan fingerprint density at radius 2 is 2.13 bits per heavy atom. The molecule has 0 saturated carbocycles. The van der Waals surface area contributed by atoms with E-state index in [1.807, 2.05) is 4.98 Å². The zero-order valence-corrected chi connectivity index (χ0v) is 7.48. The second-order valence-corrected chi connectivity index (χ2v) is 3.01. The quantitative estimate of drug-likeness (QED) is 0.595. The van der Waals surface area contributed by atoms with Crippen LogP contribution in [-0.2, 0) is 11.3 Å². The number of aliphatic carboxylic acids is 1. The highest BCUT2D eigenvalue weighted by Crippen LogP contribution is 2.05. The maximum atomic E-state index is 11.4. The number of aromatic nitrogens is 3. The lowest BCUT2D eigenvalue weighted by molar-refractivity contribution is -0.137. The molecule has 15 heavy (non-hydrogen) atoms. The molecule has 7 heteroatoms. The van der Waals surface area contributed by atoms with Gasteiger partial charge in [-0.2, -0.15) is 0 Å². The van der Waals surface area contributed by atoms with Crippen molar-refractivity contribution in [1.29, 1.82) is 0 Å². The van der Waals surface area contributed by atoms with Crippen molar-refractivity contribution in [1.82, 2.24) is 14.5 Å². The number of carboxylic acids is 1. The van der Waals surface area contributed by atoms with Crippen molar-refractivity contribution in [3.05, 3.63) is 33.1 Å². The molecule has 0 spiro atoms. The first kappa shape index (κ1) is 9.25. The smallest absolute Gasteiger partial charge is 0.326 e. The number of nitrogens with zero attached hydrogens (tertiary/aromatic N) is 1. The van der Waals surface area contributed by atoms with Crippen LogP contribution in [0.25, 0.3) is 11.0 Å². The number of rotatable bonds is 2. The average Bonchev–Trinajstić information content (AvgIpc) is 2.46. The largest absolute Gasteiger partial charge is 0.480 e. The Morgan fingerprint density at radius 3 is 2.80 bits per heavy atom. The average molecular weight is 209 g/mol. The molecule has 0 bridgehead atoms. The van der Waals surface area contributed by atoms with Crippen LogP contribution in [0.5, 0.6) is 0 Å². The molecule has 2 aromatic rings. The van der Waals surface area contributed by atoms with Crippen LogP contribution in [0.3, 0.4) is 0 Å². The van der Waals surface area contributed by atoms with E-state index in [0.717, 1.165) is 0 Å². The Morgan fingerprint density at radius 1 is 1.40 bits per heavy atom. The van der Waals surface area contributed by atoms with E-state index in [1.165, 1.54) is 16.8 Å². The molecule has 0 saturated heterocycles. The first-order valence-corrected chi connectivity index (χ1v) is 4.11. The van der Waals surface area contributed by atoms with Crippen LogP contribution in [0.15, 0.2) is 21.9 Å². The van der Waals surface area contributed by atoms with Crippen LogP contribution in [-0.4, -0.2) is 25.6 Å². The van der Waals surface area contributed by atoms with Gasteiger partial charge in [-0.3, -0.25) is 14.6 Å². The summed E-state index contributed by atoms with van der Waals surface area (Å²) in [5.41, 5.74) is -0.734. The molecule has 0 unspecified atom stereocenters. The SMILES string of the molecule is O=C(O)Cn1ccc2[nH]c(=O)[nH]c(=O)c21. The molecule has 7 nitrogen and oxygen atoms in total. The second kappa shape index (κ2) is 3.12. The number of hydrogen-bond donors (Lipinski definition) is 3. The predicted molar refractivity (Wildman–Crippen MR) is 50.8 cm³/mol. The van der Waals surface area contributed by atoms with Crippen molar-refractivity contribution in [3.63, 3.8) is 0 Å². The minimum atomic E-state index is -1.06. The van der Waals surface area contributed by atoms with Crippen molar-refractivity contribution in [2.45, 2.75) is 6.54 Å². The Kier molecular flexibility index (Phi) is 1.93. The number of aromatic amines is 2. The van der Waals surface area contributed by atoms with Crippen LogP contribution in [0, 0.1) is 0 Å². The van der Waals surface area contributed by atoms with Crippen molar-refractivity contribution < 1.29 is 9.90 Å². The van der Waals surface area contributed by atoms with Gasteiger partial charge in [-0.25, -0.2) is 4.79 Å². The van der Waals surface area contributed by atoms with Crippen molar-refractivity contribution in [2.75, 3.05) is 0 Å². The van der Waals surface area contributed by atoms with Crippen molar-refractivity contribution >= 4 is 17.0 Å². The summed E-state index contributed by atoms with van der Waals surface area (Å²) in [5, 5.41) is 8.59. The zero-order valence-electron chi connectivity index (χ0n) is 7.48. The molecule has 0 amide bonds. The van der Waals surface area contributed by atoms with E-state index < -0.39 is 17.2 Å². The zero-order chi connectivity index (χ0) is 11.0. The van der Waals surface area contributed by atoms with E-state index >= 15 is 0 Å². The summed E-state index contributed by atoms with van der Waals surface area (Å²) in [5.74, 6) is -1.06. The first-order chi connectivity index (χ1) is 7.08. The molecule has 0 aliphatic rings. The second-order valence-electron chi connectivity index (χ2n) is 3.01. The summed E-state index contributed by atoms with van der Waals surface area (Å²) in [4.78, 5) is 37.2. The molecular formula is C8H7N3O4. The number of carboxylic acid groups (broad SMARTS) is 1. The van der Waals surface area contributed by atoms with Gasteiger partial charge in [0.2, 0.25) is 0 Å². The lowest BCUT2D eigenvalue weighted by Gasteiger charge is -1.98. The fourth-order valence-corrected chi connectivity index (χ4v) is 1.42. The van der Waals surface area contributed by atoms with Gasteiger partial charge in [-0.15, -0.1) is 0 Å². The van der Waals surface area contributed by atoms with Gasteiger partial charge in [0.1, 0.15) is 12.1 Å². The minimum Gasteiger partial charge on any atom is -0.480 e. The normalized spacial score (nSPS) is 10.7. The summed E-state index contributed by atoms with van der Waals surface area (Å²) in [6.07, 6.45) is 1.43. The molecule has 2 rings (SSSR count). The Balaban J connectivity index is 2.74. The molecule has 2 aromatic heterocycles. The summed E-state index contributed by atoms with van der Waals surface area (Å²) in [6.45, 7) is -0.321. The van der Waals surface area contributed by atoms with E-state index in [0.29, 0.717) is 5.52 Å². The van der Waals surface area contributed by atoms with Crippen molar-refractivity contribution in [2.24, 2.45) is 0 Å². The van der Waals surface area contributed by atoms with Gasteiger partial charge in [-0.05, 0) is 6.07 Å². The van der Waals surface area contributed by atoms with E-state index in [-0.39, 0.29) is 12.1 Å². The number of hydrogen-bond acceptors (Lipinski definition) is 3. The van der Waals surface area contributed by atoms with Crippen LogP contribution in [0.4, 0.5) is 0 Å². The van der Waals surface area contributed by atoms with Gasteiger partial charge in [0.15, 0.2) is 0 Å². The molecule has 78 valence electrons. The lowest BCUT2D eigenvalue weighted by Crippen LogP contribution is -2.23. The van der Waals surface area contributed by atoms with Crippen LogP contribution in [0.2, 0.25) is 0 Å². The number of nitrogens with one attached hydrogen (secondary N) is 2. The van der Waals surface area contributed by atoms with Gasteiger partial charge in [-0.1, -0.05) is 0 Å². The highest BCUT2D eigenvalue weighted by atomic mass is 16.4. The van der Waals surface area contributed by atoms with Gasteiger partial charge in [0.05, 0.1) is 5.52 Å². The van der Waals surface area contributed by atoms with Gasteiger partial charge >= 0.3 is 11.7 Å². The Hall–Kier alpha value is -2.31. The third-order valence-electron chi connectivity index (χ3n) is 1.96. The van der Waals surface area contributed by atoms with Gasteiger partial charge in [0, 0.05) is 6.20 Å². The fourth-order valence-electron chi connectivity index (χ4n) is 1.42. The molecule has 0 aliphatic heterocycles. The van der Waals surface area contributed by atoms with Gasteiger partial charge < -0.3 is 14.7 Å². The summed E-state index contributed by atoms with van der Waals surface area (Å²) < 4.78 is 1.26. The molecule has 0 fully saturated rings. The number of carbonyl (C=O) groups is 1. The molecule has 3 N–H and O–H groups in total. The first-order valence-electron chi connectivity index (χ1n) is 4.11. The lowest BCUT2D eigenvalue weighted by atomic mass is 10.4. The minimum absolute atomic E-state index is 0.150. The van der Waals surface area contributed by atoms with E-state index in [1.54, 1.807) is 0 Å². The standard InChI is InChI=1S/C8H7N3O4/c12-5(13)3-11-2-1-4-6(11)7(14)10-8(15)9-4/h1-2H,3H2,(H,12,13)(H2,9,10,14,15). The maximum Gasteiger partial charge on any atom is 0.326 e. The summed E-state index contributed by atoms with van der Waals surface area (Å²) in [7, 11) is 0. The molecule has 0 aliphatic carbocycles. The molecule has 0 radical (unpaired) electrons. The Bertz CT molecular complexity index is 633. The van der Waals surface area contributed by atoms with Crippen LogP contribution >= 0.6 is 0 Å². The maximum absolute atomic E-state index is 11.4. The van der Waals surface area contributed by atoms with E-state index in [2.05, 4.69) is 4.98 Å². The molecule has 0 aromatic carbocycles. The summed E-state index contributed by atoms with van der Waals surface area (Å²) >= 11 is 0. The highest BCUT2D eigenvalue weighted by molar-refractivity contribution is 5.76. The number of H-pyrrole nitrogens is 2. The summed E-state index contributed by atoms with van der Waals surface area (Å²) in [6, 6.07) is 1.48. The van der Waals surface area contributed by atoms with Crippen LogP contribution < -0.4 is 11.2 Å². The fraction of sp³-hybridized carbons (Fsp3) is 0.125. The highest BCUT2D eigenvalue weighted by Gasteiger charge is 2.08. The third kappa shape index (κ3) is 1.54.